The average Bonchev–Trinajstić information content (AvgIpc) is 3.41. The van der Waals surface area contributed by atoms with Crippen LogP contribution in [-0.2, 0) is 4.79 Å². The summed E-state index contributed by atoms with van der Waals surface area (Å²) in [6.45, 7) is 2.42. The van der Waals surface area contributed by atoms with Crippen molar-refractivity contribution in [1.82, 2.24) is 30.2 Å². The molecule has 10 nitrogen and oxygen atoms in total. The summed E-state index contributed by atoms with van der Waals surface area (Å²) in [5.74, 6) is -0.0454. The summed E-state index contributed by atoms with van der Waals surface area (Å²) in [5, 5.41) is 11.6. The van der Waals surface area contributed by atoms with Gasteiger partial charge in [-0.3, -0.25) is 14.6 Å². The number of hydrogen-bond donors (Lipinski definition) is 2. The van der Waals surface area contributed by atoms with E-state index in [1.54, 1.807) is 37.4 Å². The van der Waals surface area contributed by atoms with Crippen LogP contribution in [0.15, 0.2) is 30.7 Å². The Labute approximate surface area is 192 Å². The van der Waals surface area contributed by atoms with E-state index in [2.05, 4.69) is 31.3 Å². The molecule has 1 atom stereocenters. The highest BCUT2D eigenvalue weighted by Crippen LogP contribution is 2.37. The number of pyridine rings is 1. The molecule has 0 spiro atoms. The number of carbonyl (C=O) groups excluding carboxylic acids is 2. The summed E-state index contributed by atoms with van der Waals surface area (Å²) in [6, 6.07) is 5.12. The molecule has 1 aliphatic rings. The van der Waals surface area contributed by atoms with Crippen LogP contribution in [0.5, 0.6) is 5.75 Å². The van der Waals surface area contributed by atoms with Crippen molar-refractivity contribution in [3.63, 3.8) is 0 Å². The first-order valence-corrected chi connectivity index (χ1v) is 11.1. The number of likely N-dealkylation sites (tertiary alicyclic amines) is 1. The number of ether oxygens (including phenoxy) is 1. The fraction of sp³-hybridized carbons (Fsp3) is 0.273. The number of carbonyl (C=O) groups is 2. The van der Waals surface area contributed by atoms with Crippen molar-refractivity contribution in [2.75, 3.05) is 20.2 Å². The molecule has 1 fully saturated rings. The summed E-state index contributed by atoms with van der Waals surface area (Å²) >= 11 is 1.48. The molecule has 11 heteroatoms. The van der Waals surface area contributed by atoms with E-state index >= 15 is 0 Å². The van der Waals surface area contributed by atoms with E-state index in [9.17, 15) is 9.59 Å². The molecule has 166 valence electrons. The highest BCUT2D eigenvalue weighted by atomic mass is 32.1. The number of H-pyrrole nitrogens is 1. The molecule has 0 aliphatic carbocycles. The Morgan fingerprint density at radius 1 is 1.39 bits per heavy atom. The SMILES string of the molecule is COc1ccnc2cc(-c3cnc4[nH]cc(C(=O)N[C@H](C)C(=O)N5CC(C#N)C5)c4n3)sc12. The van der Waals surface area contributed by atoms with Gasteiger partial charge in [0.15, 0.2) is 5.65 Å². The molecule has 0 unspecified atom stereocenters. The van der Waals surface area contributed by atoms with Gasteiger partial charge in [0.05, 0.1) is 51.6 Å². The molecule has 0 radical (unpaired) electrons. The number of rotatable bonds is 5. The first kappa shape index (κ1) is 20.8. The summed E-state index contributed by atoms with van der Waals surface area (Å²) in [7, 11) is 1.61. The molecular weight excluding hydrogens is 442 g/mol. The maximum absolute atomic E-state index is 12.9. The van der Waals surface area contributed by atoms with Gasteiger partial charge < -0.3 is 19.9 Å². The molecule has 2 N–H and O–H groups in total. The number of thiophene rings is 1. The molecule has 0 bridgehead atoms. The maximum Gasteiger partial charge on any atom is 0.255 e. The van der Waals surface area contributed by atoms with Crippen LogP contribution in [0.3, 0.4) is 0 Å². The first-order chi connectivity index (χ1) is 16.0. The first-order valence-electron chi connectivity index (χ1n) is 10.2. The van der Waals surface area contributed by atoms with Crippen LogP contribution in [0.4, 0.5) is 0 Å². The number of aromatic amines is 1. The molecule has 4 aromatic heterocycles. The molecule has 0 saturated carbocycles. The van der Waals surface area contributed by atoms with E-state index in [4.69, 9.17) is 10.00 Å². The van der Waals surface area contributed by atoms with Gasteiger partial charge in [0.1, 0.15) is 17.3 Å². The average molecular weight is 462 g/mol. The third kappa shape index (κ3) is 3.64. The third-order valence-electron chi connectivity index (χ3n) is 5.57. The van der Waals surface area contributed by atoms with Gasteiger partial charge in [0.2, 0.25) is 5.91 Å². The molecular formula is C22H19N7O3S. The Hall–Kier alpha value is -4.04. The van der Waals surface area contributed by atoms with Crippen LogP contribution in [-0.4, -0.2) is 62.9 Å². The van der Waals surface area contributed by atoms with E-state index in [0.717, 1.165) is 20.8 Å². The van der Waals surface area contributed by atoms with Crippen molar-refractivity contribution in [2.45, 2.75) is 13.0 Å². The number of nitriles is 1. The van der Waals surface area contributed by atoms with Crippen LogP contribution < -0.4 is 10.1 Å². The summed E-state index contributed by atoms with van der Waals surface area (Å²) in [5.41, 5.74) is 2.58. The van der Waals surface area contributed by atoms with Crippen molar-refractivity contribution >= 4 is 44.5 Å². The van der Waals surface area contributed by atoms with Crippen molar-refractivity contribution in [3.8, 4) is 22.4 Å². The second-order valence-electron chi connectivity index (χ2n) is 7.76. The number of hydrogen-bond acceptors (Lipinski definition) is 8. The van der Waals surface area contributed by atoms with Gasteiger partial charge in [0.25, 0.3) is 5.91 Å². The minimum Gasteiger partial charge on any atom is -0.495 e. The predicted octanol–water partition coefficient (Wildman–Crippen LogP) is 2.34. The van der Waals surface area contributed by atoms with Gasteiger partial charge in [-0.05, 0) is 19.1 Å². The van der Waals surface area contributed by atoms with E-state index in [0.29, 0.717) is 35.5 Å². The molecule has 1 saturated heterocycles. The lowest BCUT2D eigenvalue weighted by Crippen LogP contribution is -2.55. The second-order valence-corrected chi connectivity index (χ2v) is 8.81. The van der Waals surface area contributed by atoms with Gasteiger partial charge in [-0.2, -0.15) is 5.26 Å². The van der Waals surface area contributed by atoms with Gasteiger partial charge in [0, 0.05) is 25.5 Å². The van der Waals surface area contributed by atoms with Crippen molar-refractivity contribution in [3.05, 3.63) is 36.3 Å². The maximum atomic E-state index is 12.9. The van der Waals surface area contributed by atoms with Crippen LogP contribution in [0, 0.1) is 17.2 Å². The fourth-order valence-corrected chi connectivity index (χ4v) is 4.80. The van der Waals surface area contributed by atoms with E-state index in [-0.39, 0.29) is 11.8 Å². The van der Waals surface area contributed by atoms with Crippen LogP contribution in [0.1, 0.15) is 17.3 Å². The van der Waals surface area contributed by atoms with Crippen LogP contribution in [0.25, 0.3) is 32.0 Å². The van der Waals surface area contributed by atoms with Gasteiger partial charge in [-0.1, -0.05) is 0 Å². The van der Waals surface area contributed by atoms with E-state index in [1.807, 2.05) is 6.07 Å². The number of nitrogens with one attached hydrogen (secondary N) is 2. The van der Waals surface area contributed by atoms with Crippen LogP contribution >= 0.6 is 11.3 Å². The monoisotopic (exact) mass is 461 g/mol. The molecule has 33 heavy (non-hydrogen) atoms. The lowest BCUT2D eigenvalue weighted by Gasteiger charge is -2.37. The standard InChI is InChI=1S/C22H19N7O3S/c1-11(22(31)29-9-12(6-23)10-29)27-21(30)13-7-25-20-18(13)28-15(8-26-20)17-5-14-19(33-17)16(32-2)3-4-24-14/h3-5,7-8,11-12H,9-10H2,1-2H3,(H,25,26)(H,27,30)/t11-/m1/s1. The quantitative estimate of drug-likeness (QED) is 0.465. The normalized spacial score (nSPS) is 14.6. The largest absolute Gasteiger partial charge is 0.495 e. The lowest BCUT2D eigenvalue weighted by molar-refractivity contribution is -0.137. The van der Waals surface area contributed by atoms with Crippen molar-refractivity contribution < 1.29 is 14.3 Å². The summed E-state index contributed by atoms with van der Waals surface area (Å²) in [6.07, 6.45) is 4.86. The Morgan fingerprint density at radius 2 is 2.21 bits per heavy atom. The lowest BCUT2D eigenvalue weighted by atomic mass is 10.0. The number of nitrogens with zero attached hydrogens (tertiary/aromatic N) is 5. The summed E-state index contributed by atoms with van der Waals surface area (Å²) in [4.78, 5) is 44.2. The third-order valence-corrected chi connectivity index (χ3v) is 6.73. The minimum absolute atomic E-state index is 0.136. The van der Waals surface area contributed by atoms with Crippen LogP contribution in [0.2, 0.25) is 0 Å². The van der Waals surface area contributed by atoms with E-state index < -0.39 is 11.9 Å². The predicted molar refractivity (Wildman–Crippen MR) is 122 cm³/mol. The number of amides is 2. The molecule has 0 aromatic carbocycles. The minimum atomic E-state index is -0.723. The molecule has 5 rings (SSSR count). The highest BCUT2D eigenvalue weighted by Gasteiger charge is 2.33. The molecule has 5 heterocycles. The Kier molecular flexibility index (Phi) is 5.14. The zero-order valence-corrected chi connectivity index (χ0v) is 18.6. The Morgan fingerprint density at radius 3 is 2.97 bits per heavy atom. The zero-order chi connectivity index (χ0) is 23.1. The van der Waals surface area contributed by atoms with Crippen molar-refractivity contribution in [2.24, 2.45) is 5.92 Å². The second kappa shape index (κ2) is 8.14. The number of methoxy groups -OCH3 is 1. The van der Waals surface area contributed by atoms with Crippen molar-refractivity contribution in [1.29, 1.82) is 5.26 Å². The smallest absolute Gasteiger partial charge is 0.255 e. The Bertz CT molecular complexity index is 1430. The Balaban J connectivity index is 1.40. The van der Waals surface area contributed by atoms with E-state index in [1.165, 1.54) is 17.5 Å². The highest BCUT2D eigenvalue weighted by molar-refractivity contribution is 7.22. The van der Waals surface area contributed by atoms with Gasteiger partial charge in [-0.25, -0.2) is 9.97 Å². The zero-order valence-electron chi connectivity index (χ0n) is 17.8. The molecule has 2 amide bonds. The fourth-order valence-electron chi connectivity index (χ4n) is 3.74. The number of fused-ring (bicyclic) bond motifs is 2. The number of aromatic nitrogens is 4. The van der Waals surface area contributed by atoms with Gasteiger partial charge in [-0.15, -0.1) is 11.3 Å². The van der Waals surface area contributed by atoms with Gasteiger partial charge >= 0.3 is 0 Å². The molecule has 4 aromatic rings. The summed E-state index contributed by atoms with van der Waals surface area (Å²) < 4.78 is 6.32. The molecule has 1 aliphatic heterocycles. The topological polar surface area (TPSA) is 137 Å².